The molecular formula is C12H14N2O3S. The minimum Gasteiger partial charge on any atom is -0.497 e. The minimum atomic E-state index is -3.32. The van der Waals surface area contributed by atoms with Gasteiger partial charge in [0.05, 0.1) is 42.0 Å². The second kappa shape index (κ2) is 4.50. The molecule has 0 radical (unpaired) electrons. The van der Waals surface area contributed by atoms with Crippen LogP contribution in [0.3, 0.4) is 0 Å². The topological polar surface area (TPSA) is 70.4 Å². The summed E-state index contributed by atoms with van der Waals surface area (Å²) in [6, 6.07) is 6.60. The fourth-order valence-electron chi connectivity index (χ4n) is 2.12. The van der Waals surface area contributed by atoms with Gasteiger partial charge in [0.1, 0.15) is 5.75 Å². The first-order valence-corrected chi connectivity index (χ1v) is 7.15. The molecule has 0 amide bonds. The molecule has 0 spiro atoms. The molecule has 1 atom stereocenters. The number of methoxy groups -OCH3 is 1. The van der Waals surface area contributed by atoms with Gasteiger partial charge in [0.25, 0.3) is 0 Å². The molecule has 6 heteroatoms. The van der Waals surface area contributed by atoms with Gasteiger partial charge in [-0.25, -0.2) is 8.42 Å². The molecule has 0 bridgehead atoms. The van der Waals surface area contributed by atoms with Crippen molar-refractivity contribution in [2.75, 3.05) is 24.8 Å². The van der Waals surface area contributed by atoms with Crippen molar-refractivity contribution < 1.29 is 13.2 Å². The maximum Gasteiger partial charge on any atom is 0.182 e. The van der Waals surface area contributed by atoms with Gasteiger partial charge in [0.2, 0.25) is 0 Å². The van der Waals surface area contributed by atoms with Gasteiger partial charge in [-0.15, -0.1) is 0 Å². The molecule has 1 aromatic carbocycles. The van der Waals surface area contributed by atoms with E-state index >= 15 is 0 Å². The molecule has 1 unspecified atom stereocenters. The van der Waals surface area contributed by atoms with E-state index in [9.17, 15) is 8.42 Å². The summed E-state index contributed by atoms with van der Waals surface area (Å²) in [4.78, 5) is 2.14. The zero-order valence-electron chi connectivity index (χ0n) is 10.3. The number of ether oxygens (including phenoxy) is 1. The Kier molecular flexibility index (Phi) is 3.18. The monoisotopic (exact) mass is 266 g/mol. The summed E-state index contributed by atoms with van der Waals surface area (Å²) >= 11 is 0. The lowest BCUT2D eigenvalue weighted by atomic mass is 10.2. The summed E-state index contributed by atoms with van der Waals surface area (Å²) in [5.41, 5.74) is 0.598. The van der Waals surface area contributed by atoms with Crippen molar-refractivity contribution in [1.29, 1.82) is 5.26 Å². The van der Waals surface area contributed by atoms with E-state index in [4.69, 9.17) is 10.00 Å². The minimum absolute atomic E-state index is 0.0175. The van der Waals surface area contributed by atoms with Crippen LogP contribution in [-0.2, 0) is 9.84 Å². The Morgan fingerprint density at radius 1 is 1.56 bits per heavy atom. The molecule has 5 nitrogen and oxygen atoms in total. The summed E-state index contributed by atoms with van der Waals surface area (Å²) in [6.07, 6.45) is 0.187. The SMILES string of the molecule is COc1ccc2c(c1)N(C)C(CC#N)CS2(=O)=O. The van der Waals surface area contributed by atoms with Crippen molar-refractivity contribution in [3.05, 3.63) is 18.2 Å². The molecule has 18 heavy (non-hydrogen) atoms. The van der Waals surface area contributed by atoms with Crippen LogP contribution < -0.4 is 9.64 Å². The third kappa shape index (κ3) is 2.02. The Morgan fingerprint density at radius 2 is 2.28 bits per heavy atom. The average Bonchev–Trinajstić information content (AvgIpc) is 2.35. The zero-order chi connectivity index (χ0) is 13.3. The summed E-state index contributed by atoms with van der Waals surface area (Å²) in [7, 11) is 0.0144. The molecule has 0 fully saturated rings. The van der Waals surface area contributed by atoms with Gasteiger partial charge in [-0.1, -0.05) is 0 Å². The Hall–Kier alpha value is -1.74. The molecule has 1 aromatic rings. The number of nitriles is 1. The van der Waals surface area contributed by atoms with Crippen molar-refractivity contribution in [2.45, 2.75) is 17.4 Å². The van der Waals surface area contributed by atoms with Crippen molar-refractivity contribution >= 4 is 15.5 Å². The second-order valence-electron chi connectivity index (χ2n) is 4.24. The van der Waals surface area contributed by atoms with Gasteiger partial charge in [0.15, 0.2) is 9.84 Å². The van der Waals surface area contributed by atoms with Crippen LogP contribution in [0.15, 0.2) is 23.1 Å². The van der Waals surface area contributed by atoms with Crippen molar-refractivity contribution in [2.24, 2.45) is 0 Å². The summed E-state index contributed by atoms with van der Waals surface area (Å²) < 4.78 is 29.4. The van der Waals surface area contributed by atoms with Gasteiger partial charge >= 0.3 is 0 Å². The third-order valence-electron chi connectivity index (χ3n) is 3.17. The Bertz CT molecular complexity index is 604. The molecule has 0 aliphatic carbocycles. The number of nitrogens with zero attached hydrogens (tertiary/aromatic N) is 2. The quantitative estimate of drug-likeness (QED) is 0.804. The summed E-state index contributed by atoms with van der Waals surface area (Å²) in [6.45, 7) is 0. The molecular weight excluding hydrogens is 252 g/mol. The van der Waals surface area contributed by atoms with Crippen LogP contribution in [-0.4, -0.2) is 34.4 Å². The van der Waals surface area contributed by atoms with E-state index in [2.05, 4.69) is 0 Å². The summed E-state index contributed by atoms with van der Waals surface area (Å²) in [5, 5.41) is 8.76. The molecule has 0 N–H and O–H groups in total. The van der Waals surface area contributed by atoms with Crippen LogP contribution in [0.5, 0.6) is 5.75 Å². The number of anilines is 1. The third-order valence-corrected chi connectivity index (χ3v) is 5.01. The largest absolute Gasteiger partial charge is 0.497 e. The fraction of sp³-hybridized carbons (Fsp3) is 0.417. The fourth-order valence-corrected chi connectivity index (χ4v) is 3.94. The molecule has 1 aliphatic heterocycles. The summed E-state index contributed by atoms with van der Waals surface area (Å²) in [5.74, 6) is 0.588. The van der Waals surface area contributed by atoms with E-state index < -0.39 is 9.84 Å². The normalized spacial score (nSPS) is 20.9. The maximum atomic E-state index is 12.1. The number of hydrogen-bond acceptors (Lipinski definition) is 5. The number of hydrogen-bond donors (Lipinski definition) is 0. The van der Waals surface area contributed by atoms with Crippen LogP contribution in [0.25, 0.3) is 0 Å². The number of fused-ring (bicyclic) bond motifs is 1. The lowest BCUT2D eigenvalue weighted by molar-refractivity contribution is 0.414. The van der Waals surface area contributed by atoms with Crippen LogP contribution in [0.1, 0.15) is 6.42 Å². The molecule has 1 heterocycles. The van der Waals surface area contributed by atoms with Crippen LogP contribution in [0.4, 0.5) is 5.69 Å². The van der Waals surface area contributed by atoms with Crippen LogP contribution >= 0.6 is 0 Å². The highest BCUT2D eigenvalue weighted by Gasteiger charge is 2.33. The van der Waals surface area contributed by atoms with Gasteiger partial charge in [-0.2, -0.15) is 5.26 Å². The predicted octanol–water partition coefficient (Wildman–Crippen LogP) is 1.20. The molecule has 1 aliphatic rings. The first kappa shape index (κ1) is 12.7. The second-order valence-corrected chi connectivity index (χ2v) is 6.24. The van der Waals surface area contributed by atoms with Gasteiger partial charge in [0, 0.05) is 13.1 Å². The highest BCUT2D eigenvalue weighted by molar-refractivity contribution is 7.91. The van der Waals surface area contributed by atoms with E-state index in [0.717, 1.165) is 0 Å². The van der Waals surface area contributed by atoms with Crippen LogP contribution in [0, 0.1) is 11.3 Å². The van der Waals surface area contributed by atoms with E-state index in [1.54, 1.807) is 25.2 Å². The van der Waals surface area contributed by atoms with E-state index in [0.29, 0.717) is 16.3 Å². The number of benzene rings is 1. The predicted molar refractivity (Wildman–Crippen MR) is 67.5 cm³/mol. The van der Waals surface area contributed by atoms with E-state index in [1.807, 2.05) is 11.0 Å². The molecule has 0 aromatic heterocycles. The van der Waals surface area contributed by atoms with Crippen molar-refractivity contribution in [3.8, 4) is 11.8 Å². The standard InChI is InChI=1S/C12H14N2O3S/c1-14-9(5-6-13)8-18(15,16)12-4-3-10(17-2)7-11(12)14/h3-4,7,9H,5,8H2,1-2H3. The first-order valence-electron chi connectivity index (χ1n) is 5.50. The van der Waals surface area contributed by atoms with E-state index in [-0.39, 0.29) is 18.2 Å². The van der Waals surface area contributed by atoms with Crippen molar-refractivity contribution in [1.82, 2.24) is 0 Å². The molecule has 0 saturated carbocycles. The smallest absolute Gasteiger partial charge is 0.182 e. The lowest BCUT2D eigenvalue weighted by Gasteiger charge is -2.34. The van der Waals surface area contributed by atoms with Gasteiger partial charge < -0.3 is 9.64 Å². The Labute approximate surface area is 107 Å². The van der Waals surface area contributed by atoms with Crippen molar-refractivity contribution in [3.63, 3.8) is 0 Å². The Morgan fingerprint density at radius 3 is 2.89 bits per heavy atom. The highest BCUT2D eigenvalue weighted by atomic mass is 32.2. The lowest BCUT2D eigenvalue weighted by Crippen LogP contribution is -2.42. The Balaban J connectivity index is 2.56. The highest BCUT2D eigenvalue weighted by Crippen LogP contribution is 2.35. The first-order chi connectivity index (χ1) is 8.49. The zero-order valence-corrected chi connectivity index (χ0v) is 11.1. The molecule has 96 valence electrons. The van der Waals surface area contributed by atoms with E-state index in [1.165, 1.54) is 7.11 Å². The maximum absolute atomic E-state index is 12.1. The molecule has 2 rings (SSSR count). The number of rotatable bonds is 2. The molecule has 0 saturated heterocycles. The number of sulfone groups is 1. The van der Waals surface area contributed by atoms with Gasteiger partial charge in [-0.05, 0) is 12.1 Å². The van der Waals surface area contributed by atoms with Crippen LogP contribution in [0.2, 0.25) is 0 Å². The van der Waals surface area contributed by atoms with Gasteiger partial charge in [-0.3, -0.25) is 0 Å². The average molecular weight is 266 g/mol.